The Hall–Kier alpha value is -3.33. The Balaban J connectivity index is 1.63. The molecule has 9 heteroatoms. The van der Waals surface area contributed by atoms with Crippen molar-refractivity contribution in [3.8, 4) is 0 Å². The highest BCUT2D eigenvalue weighted by Gasteiger charge is 2.23. The van der Waals surface area contributed by atoms with Gasteiger partial charge >= 0.3 is 0 Å². The van der Waals surface area contributed by atoms with Crippen LogP contribution in [0.25, 0.3) is 0 Å². The molecule has 29 heavy (non-hydrogen) atoms. The van der Waals surface area contributed by atoms with E-state index in [1.54, 1.807) is 6.20 Å². The Bertz CT molecular complexity index is 1060. The van der Waals surface area contributed by atoms with Gasteiger partial charge in [-0.25, -0.2) is 4.98 Å². The summed E-state index contributed by atoms with van der Waals surface area (Å²) in [5.74, 6) is 0.142. The highest BCUT2D eigenvalue weighted by molar-refractivity contribution is 5.98. The van der Waals surface area contributed by atoms with Crippen LogP contribution in [0.15, 0.2) is 46.7 Å². The molecule has 0 unspecified atom stereocenters. The van der Waals surface area contributed by atoms with E-state index in [4.69, 9.17) is 11.5 Å². The molecule has 1 fully saturated rings. The van der Waals surface area contributed by atoms with Crippen LogP contribution in [0.4, 0.5) is 17.5 Å². The molecular formula is C20H24N8O. The Morgan fingerprint density at radius 3 is 2.86 bits per heavy atom. The van der Waals surface area contributed by atoms with Crippen LogP contribution in [0, 0.1) is 0 Å². The Kier molecular flexibility index (Phi) is 5.48. The molecule has 0 spiro atoms. The van der Waals surface area contributed by atoms with Gasteiger partial charge in [0.1, 0.15) is 11.4 Å². The van der Waals surface area contributed by atoms with Gasteiger partial charge in [-0.1, -0.05) is 12.8 Å². The Labute approximate surface area is 168 Å². The maximum absolute atomic E-state index is 11.9. The number of hydrogen-bond acceptors (Lipinski definition) is 8. The number of fused-ring (bicyclic) bond motifs is 1. The van der Waals surface area contributed by atoms with Crippen molar-refractivity contribution >= 4 is 23.4 Å². The Morgan fingerprint density at radius 2 is 2.03 bits per heavy atom. The third-order valence-corrected chi connectivity index (χ3v) is 5.11. The van der Waals surface area contributed by atoms with Crippen molar-refractivity contribution in [3.63, 3.8) is 0 Å². The summed E-state index contributed by atoms with van der Waals surface area (Å²) in [4.78, 5) is 29.4. The molecule has 2 atom stereocenters. The number of hydrogen-bond donors (Lipinski definition) is 4. The number of amides is 1. The number of carbonyl (C=O) groups is 1. The van der Waals surface area contributed by atoms with E-state index in [-0.39, 0.29) is 17.6 Å². The largest absolute Gasteiger partial charge is 0.365 e. The number of aromatic nitrogens is 2. The van der Waals surface area contributed by atoms with Gasteiger partial charge in [-0.3, -0.25) is 14.8 Å². The number of benzene rings is 1. The van der Waals surface area contributed by atoms with E-state index in [2.05, 4.69) is 30.6 Å². The summed E-state index contributed by atoms with van der Waals surface area (Å²) in [5, 5.41) is 8.02. The maximum Gasteiger partial charge on any atom is 0.254 e. The lowest BCUT2D eigenvalue weighted by molar-refractivity contribution is 0.100. The highest BCUT2D eigenvalue weighted by atomic mass is 16.1. The molecule has 150 valence electrons. The zero-order valence-corrected chi connectivity index (χ0v) is 16.0. The molecule has 1 aliphatic carbocycles. The van der Waals surface area contributed by atoms with Gasteiger partial charge in [0, 0.05) is 30.2 Å². The predicted octanol–water partition coefficient (Wildman–Crippen LogP) is 0.767. The molecule has 4 rings (SSSR count). The van der Waals surface area contributed by atoms with Crippen LogP contribution in [-0.4, -0.2) is 34.5 Å². The standard InChI is InChI=1S/C20H24N8O/c21-14-4-1-2-5-15(14)27-20-25-11-13(18(22)29)19(28-20)26-12-6-7-16-17(10-12)24-9-3-8-23-16/h3,6-7,9-11,14-15H,1-2,4-5,8,21H2,(H2,22,29)(H2,25,26,27,28)/t14-,15+/m0/s1. The monoisotopic (exact) mass is 392 g/mol. The molecule has 9 nitrogen and oxygen atoms in total. The molecule has 6 N–H and O–H groups in total. The second kappa shape index (κ2) is 8.36. The third-order valence-electron chi connectivity index (χ3n) is 5.11. The van der Waals surface area contributed by atoms with Gasteiger partial charge in [-0.15, -0.1) is 0 Å². The van der Waals surface area contributed by atoms with Crippen LogP contribution in [0.5, 0.6) is 0 Å². The molecule has 2 aromatic rings. The van der Waals surface area contributed by atoms with E-state index in [1.165, 1.54) is 6.20 Å². The summed E-state index contributed by atoms with van der Waals surface area (Å²) >= 11 is 0. The summed E-state index contributed by atoms with van der Waals surface area (Å²) in [6.07, 6.45) is 9.24. The van der Waals surface area contributed by atoms with E-state index in [9.17, 15) is 4.79 Å². The molecule has 1 aromatic carbocycles. The number of nitrogens with zero attached hydrogens (tertiary/aromatic N) is 4. The van der Waals surface area contributed by atoms with Crippen LogP contribution in [0.2, 0.25) is 0 Å². The van der Waals surface area contributed by atoms with Gasteiger partial charge in [0.15, 0.2) is 0 Å². The number of rotatable bonds is 5. The lowest BCUT2D eigenvalue weighted by atomic mass is 9.91. The second-order valence-electron chi connectivity index (χ2n) is 7.20. The van der Waals surface area contributed by atoms with Gasteiger partial charge in [0.05, 0.1) is 17.3 Å². The first-order valence-corrected chi connectivity index (χ1v) is 9.73. The minimum Gasteiger partial charge on any atom is -0.365 e. The molecule has 0 saturated heterocycles. The average molecular weight is 392 g/mol. The van der Waals surface area contributed by atoms with Crippen molar-refractivity contribution in [2.45, 2.75) is 37.8 Å². The van der Waals surface area contributed by atoms with Crippen molar-refractivity contribution in [3.05, 3.63) is 52.9 Å². The lowest BCUT2D eigenvalue weighted by Crippen LogP contribution is -2.43. The van der Waals surface area contributed by atoms with Crippen LogP contribution < -0.4 is 32.8 Å². The molecular weight excluding hydrogens is 368 g/mol. The zero-order valence-electron chi connectivity index (χ0n) is 16.0. The van der Waals surface area contributed by atoms with E-state index in [1.807, 2.05) is 24.3 Å². The number of anilines is 3. The van der Waals surface area contributed by atoms with Gasteiger partial charge < -0.3 is 22.1 Å². The molecule has 0 radical (unpaired) electrons. The topological polar surface area (TPSA) is 144 Å². The average Bonchev–Trinajstić information content (AvgIpc) is 2.95. The van der Waals surface area contributed by atoms with Crippen molar-refractivity contribution in [2.24, 2.45) is 21.5 Å². The summed E-state index contributed by atoms with van der Waals surface area (Å²) in [5.41, 5.74) is 12.7. The molecule has 1 amide bonds. The summed E-state index contributed by atoms with van der Waals surface area (Å²) in [7, 11) is 0. The molecule has 2 heterocycles. The van der Waals surface area contributed by atoms with Crippen LogP contribution in [0.1, 0.15) is 36.0 Å². The summed E-state index contributed by atoms with van der Waals surface area (Å²) < 4.78 is 0. The quantitative estimate of drug-likeness (QED) is 0.592. The molecule has 0 bridgehead atoms. The van der Waals surface area contributed by atoms with E-state index >= 15 is 0 Å². The normalized spacial score (nSPS) is 20.6. The minimum atomic E-state index is -0.606. The molecule has 1 saturated carbocycles. The van der Waals surface area contributed by atoms with E-state index < -0.39 is 5.91 Å². The number of nitrogens with two attached hydrogens (primary N) is 2. The fraction of sp³-hybridized carbons (Fsp3) is 0.350. The Morgan fingerprint density at radius 1 is 1.17 bits per heavy atom. The van der Waals surface area contributed by atoms with Crippen molar-refractivity contribution in [1.29, 1.82) is 0 Å². The summed E-state index contributed by atoms with van der Waals surface area (Å²) in [6.45, 7) is 0.597. The third kappa shape index (κ3) is 4.40. The van der Waals surface area contributed by atoms with Gasteiger partial charge in [0.25, 0.3) is 5.91 Å². The minimum absolute atomic E-state index is 0.0579. The van der Waals surface area contributed by atoms with Crippen molar-refractivity contribution in [2.75, 3.05) is 17.2 Å². The van der Waals surface area contributed by atoms with Crippen molar-refractivity contribution in [1.82, 2.24) is 9.97 Å². The summed E-state index contributed by atoms with van der Waals surface area (Å²) in [6, 6.07) is 5.75. The zero-order chi connectivity index (χ0) is 20.2. The molecule has 1 aromatic heterocycles. The SMILES string of the molecule is NC(=O)c1cnc(N[C@@H]2CCCC[C@@H]2N)nc1Nc1ccc2c(c1)=NC=CCN=2. The number of primary amides is 1. The number of nitrogens with one attached hydrogen (secondary N) is 2. The van der Waals surface area contributed by atoms with Gasteiger partial charge in [-0.2, -0.15) is 4.98 Å². The van der Waals surface area contributed by atoms with E-state index in [0.29, 0.717) is 18.3 Å². The second-order valence-corrected chi connectivity index (χ2v) is 7.20. The fourth-order valence-corrected chi connectivity index (χ4v) is 3.54. The first kappa shape index (κ1) is 19.0. The van der Waals surface area contributed by atoms with Crippen molar-refractivity contribution < 1.29 is 4.79 Å². The first-order valence-electron chi connectivity index (χ1n) is 9.73. The lowest BCUT2D eigenvalue weighted by Gasteiger charge is -2.29. The molecule has 2 aliphatic rings. The van der Waals surface area contributed by atoms with Crippen LogP contribution >= 0.6 is 0 Å². The van der Waals surface area contributed by atoms with Crippen LogP contribution in [-0.2, 0) is 0 Å². The smallest absolute Gasteiger partial charge is 0.254 e. The van der Waals surface area contributed by atoms with E-state index in [0.717, 1.165) is 42.1 Å². The first-order chi connectivity index (χ1) is 14.1. The highest BCUT2D eigenvalue weighted by Crippen LogP contribution is 2.22. The van der Waals surface area contributed by atoms with Crippen LogP contribution in [0.3, 0.4) is 0 Å². The van der Waals surface area contributed by atoms with Gasteiger partial charge in [0.2, 0.25) is 5.95 Å². The fourth-order valence-electron chi connectivity index (χ4n) is 3.54. The molecule has 1 aliphatic heterocycles. The predicted molar refractivity (Wildman–Crippen MR) is 110 cm³/mol. The number of carbonyl (C=O) groups excluding carboxylic acids is 1. The maximum atomic E-state index is 11.9. The van der Waals surface area contributed by atoms with Gasteiger partial charge in [-0.05, 0) is 37.1 Å².